The van der Waals surface area contributed by atoms with E-state index in [1.807, 2.05) is 0 Å². The Hall–Kier alpha value is 0.579. The molecule has 6 N–H and O–H groups in total. The SMILES string of the molecule is OC[C@H]1O[C@@H]([Se][Se][C@@H]2O[C@H](CO)[C@@H](O)[C@H](O)[C@@H]2F)[C@@H](F)[C@@H](O)[C@@H]1O. The van der Waals surface area contributed by atoms with Crippen molar-refractivity contribution in [3.05, 3.63) is 0 Å². The van der Waals surface area contributed by atoms with Gasteiger partial charge in [-0.25, -0.2) is 0 Å². The number of aliphatic hydroxyl groups excluding tert-OH is 6. The Balaban J connectivity index is 1.96. The van der Waals surface area contributed by atoms with E-state index in [9.17, 15) is 29.2 Å². The van der Waals surface area contributed by atoms with E-state index >= 15 is 0 Å². The van der Waals surface area contributed by atoms with E-state index in [1.165, 1.54) is 0 Å². The van der Waals surface area contributed by atoms with Crippen LogP contribution in [0.5, 0.6) is 0 Å². The molecule has 2 aliphatic heterocycles. The van der Waals surface area contributed by atoms with E-state index in [0.29, 0.717) is 0 Å². The molecule has 8 nitrogen and oxygen atoms in total. The third kappa shape index (κ3) is 4.28. The molecule has 2 saturated heterocycles. The van der Waals surface area contributed by atoms with Crippen LogP contribution >= 0.6 is 0 Å². The zero-order valence-electron chi connectivity index (χ0n) is 12.3. The number of hydrogen-bond donors (Lipinski definition) is 6. The Morgan fingerprint density at radius 2 is 1.00 bits per heavy atom. The first-order chi connectivity index (χ1) is 11.3. The standard InChI is InChI=1S/C12H20F2O8Se2/c13-5-9(19)7(17)3(1-15)21-11(5)23-24-12-6(14)10(20)8(18)4(2-16)22-12/h3-12,15-20H,1-2H2/t3-,4-,5+,6+,7-,8-,9-,10-,11+,12+/m1/s1. The summed E-state index contributed by atoms with van der Waals surface area (Å²) in [5.74, 6) is 0. The van der Waals surface area contributed by atoms with Crippen LogP contribution in [-0.2, 0) is 9.47 Å². The molecule has 0 spiro atoms. The number of alkyl halides is 2. The van der Waals surface area contributed by atoms with Gasteiger partial charge in [0.1, 0.15) is 0 Å². The summed E-state index contributed by atoms with van der Waals surface area (Å²) in [7, 11) is 0. The first-order valence-electron chi connectivity index (χ1n) is 7.17. The number of halogens is 2. The summed E-state index contributed by atoms with van der Waals surface area (Å²) >= 11 is -1.39. The zero-order valence-corrected chi connectivity index (χ0v) is 15.7. The van der Waals surface area contributed by atoms with Crippen molar-refractivity contribution < 1.29 is 48.9 Å². The van der Waals surface area contributed by atoms with Crippen LogP contribution in [0.1, 0.15) is 0 Å². The van der Waals surface area contributed by atoms with Crippen molar-refractivity contribution in [1.29, 1.82) is 0 Å². The molecule has 2 heterocycles. The molecular weight excluding hydrogens is 468 g/mol. The van der Waals surface area contributed by atoms with Crippen LogP contribution in [0.2, 0.25) is 0 Å². The summed E-state index contributed by atoms with van der Waals surface area (Å²) in [5, 5.41) is 54.4. The summed E-state index contributed by atoms with van der Waals surface area (Å²) in [6.45, 7) is -1.21. The van der Waals surface area contributed by atoms with Gasteiger partial charge in [0.2, 0.25) is 0 Å². The fourth-order valence-corrected chi connectivity index (χ4v) is 10.4. The molecule has 142 valence electrons. The molecule has 0 aliphatic carbocycles. The minimum atomic E-state index is -1.89. The van der Waals surface area contributed by atoms with E-state index < -0.39 is 98.4 Å². The molecule has 0 aromatic rings. The van der Waals surface area contributed by atoms with E-state index in [1.54, 1.807) is 0 Å². The zero-order chi connectivity index (χ0) is 18.0. The van der Waals surface area contributed by atoms with Gasteiger partial charge in [-0.2, -0.15) is 0 Å². The van der Waals surface area contributed by atoms with Gasteiger partial charge in [-0.05, 0) is 0 Å². The van der Waals surface area contributed by atoms with Crippen LogP contribution in [0.15, 0.2) is 0 Å². The number of aliphatic hydroxyl groups is 6. The van der Waals surface area contributed by atoms with Crippen LogP contribution in [0.4, 0.5) is 8.78 Å². The molecule has 0 amide bonds. The van der Waals surface area contributed by atoms with Gasteiger partial charge in [-0.15, -0.1) is 0 Å². The van der Waals surface area contributed by atoms with Crippen LogP contribution in [-0.4, -0.2) is 129 Å². The van der Waals surface area contributed by atoms with Gasteiger partial charge in [0.25, 0.3) is 0 Å². The van der Waals surface area contributed by atoms with Crippen molar-refractivity contribution in [3.8, 4) is 0 Å². The van der Waals surface area contributed by atoms with Gasteiger partial charge in [0.15, 0.2) is 0 Å². The Morgan fingerprint density at radius 1 is 0.667 bits per heavy atom. The molecule has 0 aromatic carbocycles. The number of ether oxygens (including phenoxy) is 2. The summed E-state index contributed by atoms with van der Waals surface area (Å²) in [4.78, 5) is 0. The average Bonchev–Trinajstić information content (AvgIpc) is 2.58. The summed E-state index contributed by atoms with van der Waals surface area (Å²) < 4.78 is 38.6. The molecule has 10 atom stereocenters. The summed E-state index contributed by atoms with van der Waals surface area (Å²) in [5.41, 5.74) is 0. The molecule has 0 saturated carbocycles. The van der Waals surface area contributed by atoms with Crippen molar-refractivity contribution >= 4 is 26.3 Å². The second-order valence-electron chi connectivity index (χ2n) is 5.49. The van der Waals surface area contributed by atoms with Gasteiger partial charge in [0.05, 0.1) is 0 Å². The van der Waals surface area contributed by atoms with Gasteiger partial charge < -0.3 is 0 Å². The van der Waals surface area contributed by atoms with Gasteiger partial charge >= 0.3 is 147 Å². The maximum atomic E-state index is 14.1. The second-order valence-corrected chi connectivity index (χ2v) is 12.4. The van der Waals surface area contributed by atoms with Crippen LogP contribution in [0.3, 0.4) is 0 Å². The van der Waals surface area contributed by atoms with Gasteiger partial charge in [-0.3, -0.25) is 0 Å². The molecule has 0 unspecified atom stereocenters. The summed E-state index contributed by atoms with van der Waals surface area (Å²) in [6.07, 6.45) is -12.6. The molecule has 2 fully saturated rings. The minimum absolute atomic E-state index is 0.603. The molecule has 2 rings (SSSR count). The van der Waals surface area contributed by atoms with Crippen LogP contribution < -0.4 is 0 Å². The van der Waals surface area contributed by atoms with E-state index in [2.05, 4.69) is 0 Å². The molecular formula is C12H20F2O8Se2. The molecule has 0 radical (unpaired) electrons. The third-order valence-corrected chi connectivity index (χ3v) is 11.8. The topological polar surface area (TPSA) is 140 Å². The number of hydrogen-bond acceptors (Lipinski definition) is 8. The normalized spacial score (nSPS) is 50.0. The van der Waals surface area contributed by atoms with Gasteiger partial charge in [-0.1, -0.05) is 0 Å². The van der Waals surface area contributed by atoms with Crippen molar-refractivity contribution in [2.24, 2.45) is 0 Å². The first kappa shape index (κ1) is 20.9. The third-order valence-electron chi connectivity index (χ3n) is 3.86. The van der Waals surface area contributed by atoms with E-state index in [-0.39, 0.29) is 0 Å². The monoisotopic (exact) mass is 490 g/mol. The summed E-state index contributed by atoms with van der Waals surface area (Å²) in [6, 6.07) is 0. The van der Waals surface area contributed by atoms with Crippen LogP contribution in [0.25, 0.3) is 0 Å². The molecule has 24 heavy (non-hydrogen) atoms. The first-order valence-corrected chi connectivity index (χ1v) is 13.5. The quantitative estimate of drug-likeness (QED) is 0.215. The van der Waals surface area contributed by atoms with Crippen molar-refractivity contribution in [1.82, 2.24) is 0 Å². The van der Waals surface area contributed by atoms with Crippen LogP contribution in [0, 0.1) is 0 Å². The molecule has 0 aromatic heterocycles. The van der Waals surface area contributed by atoms with Crippen molar-refractivity contribution in [2.45, 2.75) is 59.0 Å². The Bertz CT molecular complexity index is 371. The average molecular weight is 488 g/mol. The Kier molecular flexibility index (Phi) is 7.82. The Labute approximate surface area is 147 Å². The maximum absolute atomic E-state index is 14.1. The van der Waals surface area contributed by atoms with Gasteiger partial charge in [0, 0.05) is 0 Å². The van der Waals surface area contributed by atoms with Crippen molar-refractivity contribution in [3.63, 3.8) is 0 Å². The second kappa shape index (κ2) is 8.98. The fourth-order valence-electron chi connectivity index (χ4n) is 2.36. The predicted octanol–water partition coefficient (Wildman–Crippen LogP) is -4.14. The van der Waals surface area contributed by atoms with Crippen molar-refractivity contribution in [2.75, 3.05) is 13.2 Å². The Morgan fingerprint density at radius 3 is 1.29 bits per heavy atom. The molecule has 2 aliphatic rings. The fraction of sp³-hybridized carbons (Fsp3) is 1.00. The van der Waals surface area contributed by atoms with E-state index in [4.69, 9.17) is 19.7 Å². The molecule has 12 heteroatoms. The molecule has 0 bridgehead atoms. The van der Waals surface area contributed by atoms with E-state index in [0.717, 1.165) is 0 Å². The predicted molar refractivity (Wildman–Crippen MR) is 76.8 cm³/mol. The number of rotatable bonds is 5.